The summed E-state index contributed by atoms with van der Waals surface area (Å²) in [7, 11) is 1.96. The third-order valence-corrected chi connectivity index (χ3v) is 11.8. The molecule has 9 heteroatoms. The molecule has 5 rings (SSSR count). The Morgan fingerprint density at radius 3 is 2.46 bits per heavy atom. The first kappa shape index (κ1) is 31.1. The molecule has 0 spiro atoms. The molecular formula is C32H51F4N3O2. The predicted octanol–water partition coefficient (Wildman–Crippen LogP) is 6.41. The van der Waals surface area contributed by atoms with Crippen LogP contribution in [0.1, 0.15) is 103 Å². The van der Waals surface area contributed by atoms with Gasteiger partial charge >= 0.3 is 6.18 Å². The zero-order chi connectivity index (χ0) is 29.3. The monoisotopic (exact) mass is 585 g/mol. The number of nitrogens with one attached hydrogen (secondary N) is 2. The largest absolute Gasteiger partial charge is 0.391 e. The Morgan fingerprint density at radius 1 is 0.976 bits per heavy atom. The number of hydrogen-bond acceptors (Lipinski definition) is 3. The molecule has 3 saturated carbocycles. The summed E-state index contributed by atoms with van der Waals surface area (Å²) in [6, 6.07) is 0.567. The maximum atomic E-state index is 13.8. The minimum atomic E-state index is -4.24. The van der Waals surface area contributed by atoms with E-state index in [0.29, 0.717) is 49.5 Å². The molecule has 2 saturated heterocycles. The summed E-state index contributed by atoms with van der Waals surface area (Å²) in [6.07, 6.45) is 6.02. The molecule has 0 bridgehead atoms. The van der Waals surface area contributed by atoms with E-state index in [0.717, 1.165) is 64.3 Å². The fourth-order valence-corrected chi connectivity index (χ4v) is 9.11. The van der Waals surface area contributed by atoms with E-state index in [1.54, 1.807) is 0 Å². The van der Waals surface area contributed by atoms with Gasteiger partial charge in [-0.15, -0.1) is 0 Å². The van der Waals surface area contributed by atoms with Crippen molar-refractivity contribution in [1.29, 1.82) is 0 Å². The van der Waals surface area contributed by atoms with Crippen molar-refractivity contribution >= 4 is 11.8 Å². The number of amides is 2. The summed E-state index contributed by atoms with van der Waals surface area (Å²) >= 11 is 0. The van der Waals surface area contributed by atoms with E-state index in [2.05, 4.69) is 17.6 Å². The average Bonchev–Trinajstić information content (AvgIpc) is 2.95. The summed E-state index contributed by atoms with van der Waals surface area (Å²) < 4.78 is 53.4. The highest BCUT2D eigenvalue weighted by Gasteiger charge is 2.48. The van der Waals surface area contributed by atoms with Gasteiger partial charge in [0.05, 0.1) is 5.92 Å². The second-order valence-electron chi connectivity index (χ2n) is 14.4. The first-order valence-electron chi connectivity index (χ1n) is 16.5. The molecule has 2 amide bonds. The van der Waals surface area contributed by atoms with Crippen molar-refractivity contribution in [3.05, 3.63) is 0 Å². The van der Waals surface area contributed by atoms with Gasteiger partial charge in [-0.2, -0.15) is 13.2 Å². The highest BCUT2D eigenvalue weighted by Crippen LogP contribution is 2.44. The van der Waals surface area contributed by atoms with Crippen molar-refractivity contribution in [2.24, 2.45) is 41.4 Å². The van der Waals surface area contributed by atoms with E-state index in [1.165, 1.54) is 0 Å². The number of rotatable bonds is 6. The van der Waals surface area contributed by atoms with Gasteiger partial charge in [-0.05, 0) is 114 Å². The van der Waals surface area contributed by atoms with Gasteiger partial charge < -0.3 is 15.5 Å². The molecule has 9 atom stereocenters. The van der Waals surface area contributed by atoms with Crippen LogP contribution in [0.15, 0.2) is 0 Å². The van der Waals surface area contributed by atoms with Crippen LogP contribution in [0, 0.1) is 41.4 Å². The molecule has 5 nitrogen and oxygen atoms in total. The normalized spacial score (nSPS) is 42.4. The molecule has 0 aromatic carbocycles. The number of alkyl halides is 4. The maximum absolute atomic E-state index is 13.8. The van der Waals surface area contributed by atoms with Crippen LogP contribution in [0.3, 0.4) is 0 Å². The summed E-state index contributed by atoms with van der Waals surface area (Å²) in [5, 5.41) is 6.89. The molecular weight excluding hydrogens is 534 g/mol. The lowest BCUT2D eigenvalue weighted by Crippen LogP contribution is -2.60. The van der Waals surface area contributed by atoms with Gasteiger partial charge in [-0.1, -0.05) is 13.3 Å². The van der Waals surface area contributed by atoms with E-state index >= 15 is 0 Å². The second kappa shape index (κ2) is 13.1. The number of piperidine rings is 2. The zero-order valence-electron chi connectivity index (χ0n) is 24.9. The number of halogens is 4. The standard InChI is InChI=1S/C32H51F4N3O2/c1-19-6-12-26(38-30(40)21-4-3-5-23(14-21)32(34,35)36)16-27(19)28-15-22-18-37-25(17-29(22)39(2)31(28)41)13-9-20-7-10-24(33)11-8-20/h19-29,37H,3-18H2,1-2H3,(H,38,40). The lowest BCUT2D eigenvalue weighted by atomic mass is 9.65. The lowest BCUT2D eigenvalue weighted by molar-refractivity contribution is -0.186. The highest BCUT2D eigenvalue weighted by molar-refractivity contribution is 5.80. The maximum Gasteiger partial charge on any atom is 0.391 e. The number of hydrogen-bond donors (Lipinski definition) is 2. The van der Waals surface area contributed by atoms with Gasteiger partial charge in [0.25, 0.3) is 0 Å². The Kier molecular flexibility index (Phi) is 9.92. The minimum Gasteiger partial charge on any atom is -0.353 e. The van der Waals surface area contributed by atoms with Crippen molar-refractivity contribution in [3.8, 4) is 0 Å². The van der Waals surface area contributed by atoms with Gasteiger partial charge in [-0.3, -0.25) is 9.59 Å². The number of carbonyl (C=O) groups excluding carboxylic acids is 2. The van der Waals surface area contributed by atoms with Crippen molar-refractivity contribution in [2.75, 3.05) is 13.6 Å². The molecule has 2 aliphatic heterocycles. The molecule has 9 unspecified atom stereocenters. The first-order valence-corrected chi connectivity index (χ1v) is 16.5. The van der Waals surface area contributed by atoms with Crippen LogP contribution in [-0.4, -0.2) is 60.8 Å². The summed E-state index contributed by atoms with van der Waals surface area (Å²) in [5.41, 5.74) is 0. The fraction of sp³-hybridized carbons (Fsp3) is 0.938. The summed E-state index contributed by atoms with van der Waals surface area (Å²) in [6.45, 7) is 3.12. The van der Waals surface area contributed by atoms with E-state index in [4.69, 9.17) is 0 Å². The summed E-state index contributed by atoms with van der Waals surface area (Å²) in [5.74, 6) is -0.466. The number of carbonyl (C=O) groups is 2. The van der Waals surface area contributed by atoms with E-state index in [1.807, 2.05) is 11.9 Å². The third-order valence-electron chi connectivity index (χ3n) is 11.8. The molecule has 5 aliphatic rings. The predicted molar refractivity (Wildman–Crippen MR) is 151 cm³/mol. The van der Waals surface area contributed by atoms with Gasteiger partial charge in [0.15, 0.2) is 0 Å². The Hall–Kier alpha value is -1.38. The first-order chi connectivity index (χ1) is 19.5. The second-order valence-corrected chi connectivity index (χ2v) is 14.4. The summed E-state index contributed by atoms with van der Waals surface area (Å²) in [4.78, 5) is 28.8. The highest BCUT2D eigenvalue weighted by atomic mass is 19.4. The van der Waals surface area contributed by atoms with Crippen molar-refractivity contribution in [2.45, 2.75) is 134 Å². The van der Waals surface area contributed by atoms with Gasteiger partial charge in [0.2, 0.25) is 11.8 Å². The van der Waals surface area contributed by atoms with E-state index < -0.39 is 24.2 Å². The van der Waals surface area contributed by atoms with Crippen molar-refractivity contribution in [3.63, 3.8) is 0 Å². The van der Waals surface area contributed by atoms with Crippen molar-refractivity contribution in [1.82, 2.24) is 15.5 Å². The Labute approximate surface area is 243 Å². The molecule has 2 N–H and O–H groups in total. The SMILES string of the molecule is CC1CCC(NC(=O)C2CCCC(C(F)(F)F)C2)CC1C1CC2CNC(CCC3CCC(F)CC3)CC2N(C)C1=O. The van der Waals surface area contributed by atoms with E-state index in [9.17, 15) is 27.2 Å². The van der Waals surface area contributed by atoms with Crippen LogP contribution >= 0.6 is 0 Å². The Bertz CT molecular complexity index is 908. The molecule has 5 fully saturated rings. The lowest BCUT2D eigenvalue weighted by Gasteiger charge is -2.51. The van der Waals surface area contributed by atoms with Gasteiger partial charge in [0, 0.05) is 43.6 Å². The van der Waals surface area contributed by atoms with Crippen molar-refractivity contribution < 1.29 is 27.2 Å². The minimum absolute atomic E-state index is 0.0746. The molecule has 0 radical (unpaired) electrons. The van der Waals surface area contributed by atoms with Gasteiger partial charge in [0.1, 0.15) is 6.17 Å². The molecule has 3 aliphatic carbocycles. The average molecular weight is 586 g/mol. The zero-order valence-corrected chi connectivity index (χ0v) is 24.9. The fourth-order valence-electron chi connectivity index (χ4n) is 9.11. The number of likely N-dealkylation sites (tertiary alicyclic amines) is 1. The molecule has 0 aromatic heterocycles. The van der Waals surface area contributed by atoms with Crippen LogP contribution < -0.4 is 10.6 Å². The van der Waals surface area contributed by atoms with Crippen LogP contribution in [0.5, 0.6) is 0 Å². The molecule has 0 aromatic rings. The number of nitrogens with zero attached hydrogens (tertiary/aromatic N) is 1. The van der Waals surface area contributed by atoms with E-state index in [-0.39, 0.29) is 48.6 Å². The smallest absolute Gasteiger partial charge is 0.353 e. The van der Waals surface area contributed by atoms with Crippen LogP contribution in [0.4, 0.5) is 17.6 Å². The molecule has 41 heavy (non-hydrogen) atoms. The third kappa shape index (κ3) is 7.41. The van der Waals surface area contributed by atoms with Crippen LogP contribution in [0.25, 0.3) is 0 Å². The quantitative estimate of drug-likeness (QED) is 0.354. The molecule has 234 valence electrons. The topological polar surface area (TPSA) is 61.4 Å². The Balaban J connectivity index is 1.13. The number of fused-ring (bicyclic) bond motifs is 1. The Morgan fingerprint density at radius 2 is 1.73 bits per heavy atom. The van der Waals surface area contributed by atoms with Crippen LogP contribution in [0.2, 0.25) is 0 Å². The molecule has 2 heterocycles. The van der Waals surface area contributed by atoms with Crippen LogP contribution in [-0.2, 0) is 9.59 Å². The van der Waals surface area contributed by atoms with Gasteiger partial charge in [-0.25, -0.2) is 4.39 Å².